The predicted molar refractivity (Wildman–Crippen MR) is 211 cm³/mol. The second kappa shape index (κ2) is 12.0. The minimum Gasteiger partial charge on any atom is -0.456 e. The van der Waals surface area contributed by atoms with Crippen LogP contribution < -0.4 is 5.32 Å². The van der Waals surface area contributed by atoms with Crippen LogP contribution in [0, 0.1) is 0 Å². The van der Waals surface area contributed by atoms with Crippen LogP contribution in [0.2, 0.25) is 0 Å². The summed E-state index contributed by atoms with van der Waals surface area (Å²) in [6.45, 7) is 0. The molecule has 0 fully saturated rings. The van der Waals surface area contributed by atoms with Gasteiger partial charge in [0.15, 0.2) is 5.84 Å². The summed E-state index contributed by atoms with van der Waals surface area (Å²) < 4.78 is 6.46. The van der Waals surface area contributed by atoms with E-state index in [0.717, 1.165) is 61.2 Å². The predicted octanol–water partition coefficient (Wildman–Crippen LogP) is 11.7. The molecule has 51 heavy (non-hydrogen) atoms. The summed E-state index contributed by atoms with van der Waals surface area (Å²) >= 11 is 0. The van der Waals surface area contributed by atoms with Gasteiger partial charge in [-0.25, -0.2) is 9.98 Å². The molecule has 240 valence electrons. The molecule has 4 heteroatoms. The van der Waals surface area contributed by atoms with E-state index in [1.165, 1.54) is 27.1 Å². The van der Waals surface area contributed by atoms with Gasteiger partial charge in [0.1, 0.15) is 23.2 Å². The maximum atomic E-state index is 6.46. The van der Waals surface area contributed by atoms with Gasteiger partial charge < -0.3 is 9.73 Å². The van der Waals surface area contributed by atoms with Crippen LogP contribution in [-0.4, -0.2) is 11.7 Å². The van der Waals surface area contributed by atoms with E-state index in [4.69, 9.17) is 14.4 Å². The van der Waals surface area contributed by atoms with E-state index in [1.54, 1.807) is 0 Å². The lowest BCUT2D eigenvalue weighted by atomic mass is 9.96. The lowest BCUT2D eigenvalue weighted by molar-refractivity contribution is 0.668. The molecule has 1 N–H and O–H groups in total. The van der Waals surface area contributed by atoms with E-state index in [2.05, 4.69) is 157 Å². The Morgan fingerprint density at radius 2 is 1.08 bits per heavy atom. The van der Waals surface area contributed by atoms with Crippen molar-refractivity contribution < 1.29 is 4.42 Å². The second-order valence-electron chi connectivity index (χ2n) is 13.0. The monoisotopic (exact) mass is 653 g/mol. The number of nitrogens with one attached hydrogen (secondary N) is 1. The van der Waals surface area contributed by atoms with Crippen molar-refractivity contribution in [2.45, 2.75) is 6.17 Å². The third-order valence-electron chi connectivity index (χ3n) is 9.92. The van der Waals surface area contributed by atoms with Crippen LogP contribution in [0.4, 0.5) is 0 Å². The van der Waals surface area contributed by atoms with Crippen molar-refractivity contribution in [1.82, 2.24) is 5.32 Å². The fraction of sp³-hybridized carbons (Fsp3) is 0.0213. The van der Waals surface area contributed by atoms with Crippen LogP contribution in [0.1, 0.15) is 22.9 Å². The largest absolute Gasteiger partial charge is 0.456 e. The van der Waals surface area contributed by atoms with Gasteiger partial charge in [-0.15, -0.1) is 0 Å². The van der Waals surface area contributed by atoms with E-state index in [9.17, 15) is 0 Å². The number of fused-ring (bicyclic) bond motifs is 6. The molecule has 1 aromatic heterocycles. The van der Waals surface area contributed by atoms with Gasteiger partial charge in [-0.1, -0.05) is 152 Å². The standard InChI is InChI=1S/C47H31N3O/c1-3-11-30(12-4-1)37-28-41(44-39-17-9-10-18-42(39)51-43(44)29-37)47-49-45(34-14-5-2-6-15-34)48-46(50-47)35-24-19-31(20-25-35)36-26-23-33-22-21-32-13-7-8-16-38(32)40(33)27-36/h1-29,45H,(H,48,49,50). The zero-order valence-electron chi connectivity index (χ0n) is 27.6. The summed E-state index contributed by atoms with van der Waals surface area (Å²) in [4.78, 5) is 10.5. The number of para-hydroxylation sites is 1. The van der Waals surface area contributed by atoms with Crippen molar-refractivity contribution in [2.75, 3.05) is 0 Å². The summed E-state index contributed by atoms with van der Waals surface area (Å²) in [5.74, 6) is 1.44. The quantitative estimate of drug-likeness (QED) is 0.188. The fourth-order valence-electron chi connectivity index (χ4n) is 7.35. The van der Waals surface area contributed by atoms with Crippen LogP contribution in [-0.2, 0) is 0 Å². The molecule has 1 aliphatic heterocycles. The Balaban J connectivity index is 1.11. The first kappa shape index (κ1) is 29.2. The average Bonchev–Trinajstić information content (AvgIpc) is 3.59. The molecular formula is C47H31N3O. The Kier molecular flexibility index (Phi) is 6.85. The Labute approximate surface area is 295 Å². The van der Waals surface area contributed by atoms with Gasteiger partial charge in [0.2, 0.25) is 0 Å². The Morgan fingerprint density at radius 3 is 1.90 bits per heavy atom. The van der Waals surface area contributed by atoms with Gasteiger partial charge in [-0.05, 0) is 73.6 Å². The van der Waals surface area contributed by atoms with E-state index in [-0.39, 0.29) is 6.17 Å². The molecule has 0 radical (unpaired) electrons. The molecule has 1 unspecified atom stereocenters. The Hall–Kier alpha value is -6.78. The molecule has 0 aliphatic carbocycles. The van der Waals surface area contributed by atoms with Gasteiger partial charge in [-0.2, -0.15) is 0 Å². The number of rotatable bonds is 5. The smallest absolute Gasteiger partial charge is 0.160 e. The lowest BCUT2D eigenvalue weighted by Gasteiger charge is -2.24. The van der Waals surface area contributed by atoms with Gasteiger partial charge in [0.25, 0.3) is 0 Å². The number of aliphatic imine (C=N–C) groups is 2. The molecule has 1 aliphatic rings. The van der Waals surface area contributed by atoms with E-state index < -0.39 is 0 Å². The highest BCUT2D eigenvalue weighted by Gasteiger charge is 2.24. The summed E-state index contributed by atoms with van der Waals surface area (Å²) in [6, 6.07) is 61.7. The first-order valence-electron chi connectivity index (χ1n) is 17.3. The number of hydrogen-bond acceptors (Lipinski definition) is 4. The average molecular weight is 654 g/mol. The lowest BCUT2D eigenvalue weighted by Crippen LogP contribution is -2.33. The van der Waals surface area contributed by atoms with Crippen molar-refractivity contribution in [3.63, 3.8) is 0 Å². The SMILES string of the molecule is c1ccc(-c2cc(C3=NC(c4ccccc4)NC(c4ccc(-c5ccc6ccc7ccccc7c6c5)cc4)=N3)c3c(c2)oc2ccccc23)cc1. The number of benzene rings is 8. The summed E-state index contributed by atoms with van der Waals surface area (Å²) in [5.41, 5.74) is 9.15. The normalized spacial score (nSPS) is 14.5. The highest BCUT2D eigenvalue weighted by Crippen LogP contribution is 2.37. The first-order chi connectivity index (χ1) is 25.2. The van der Waals surface area contributed by atoms with Crippen LogP contribution in [0.25, 0.3) is 65.7 Å². The molecule has 0 saturated carbocycles. The minimum absolute atomic E-state index is 0.323. The molecule has 0 spiro atoms. The van der Waals surface area contributed by atoms with Gasteiger partial charge in [-0.3, -0.25) is 0 Å². The molecule has 4 nitrogen and oxygen atoms in total. The molecule has 0 bridgehead atoms. The molecule has 1 atom stereocenters. The van der Waals surface area contributed by atoms with Crippen LogP contribution in [0.15, 0.2) is 190 Å². The second-order valence-corrected chi connectivity index (χ2v) is 13.0. The van der Waals surface area contributed by atoms with Crippen molar-refractivity contribution in [2.24, 2.45) is 9.98 Å². The number of furan rings is 1. The van der Waals surface area contributed by atoms with Crippen LogP contribution in [0.5, 0.6) is 0 Å². The maximum Gasteiger partial charge on any atom is 0.160 e. The fourth-order valence-corrected chi connectivity index (χ4v) is 7.35. The molecule has 10 rings (SSSR count). The van der Waals surface area contributed by atoms with E-state index in [0.29, 0.717) is 5.84 Å². The highest BCUT2D eigenvalue weighted by molar-refractivity contribution is 6.22. The van der Waals surface area contributed by atoms with Crippen molar-refractivity contribution >= 4 is 55.2 Å². The Bertz CT molecular complexity index is 2820. The zero-order valence-corrected chi connectivity index (χ0v) is 27.6. The zero-order chi connectivity index (χ0) is 33.7. The van der Waals surface area contributed by atoms with Crippen molar-refractivity contribution in [3.05, 3.63) is 193 Å². The molecule has 9 aromatic rings. The first-order valence-corrected chi connectivity index (χ1v) is 17.3. The molecule has 0 saturated heterocycles. The third kappa shape index (κ3) is 5.17. The summed E-state index contributed by atoms with van der Waals surface area (Å²) in [5, 5.41) is 10.7. The van der Waals surface area contributed by atoms with Crippen molar-refractivity contribution in [1.29, 1.82) is 0 Å². The van der Waals surface area contributed by atoms with E-state index >= 15 is 0 Å². The molecule has 8 aromatic carbocycles. The maximum absolute atomic E-state index is 6.46. The van der Waals surface area contributed by atoms with Crippen LogP contribution >= 0.6 is 0 Å². The Morgan fingerprint density at radius 1 is 0.451 bits per heavy atom. The number of hydrogen-bond donors (Lipinski definition) is 1. The summed E-state index contributed by atoms with van der Waals surface area (Å²) in [7, 11) is 0. The summed E-state index contributed by atoms with van der Waals surface area (Å²) in [6.07, 6.45) is -0.323. The third-order valence-corrected chi connectivity index (χ3v) is 9.92. The molecular weight excluding hydrogens is 623 g/mol. The number of nitrogens with zero attached hydrogens (tertiary/aromatic N) is 2. The topological polar surface area (TPSA) is 49.9 Å². The minimum atomic E-state index is -0.323. The van der Waals surface area contributed by atoms with Crippen molar-refractivity contribution in [3.8, 4) is 22.3 Å². The van der Waals surface area contributed by atoms with Gasteiger partial charge in [0, 0.05) is 21.9 Å². The van der Waals surface area contributed by atoms with Crippen LogP contribution in [0.3, 0.4) is 0 Å². The molecule has 2 heterocycles. The number of amidine groups is 2. The van der Waals surface area contributed by atoms with E-state index in [1.807, 2.05) is 24.3 Å². The molecule has 0 amide bonds. The van der Waals surface area contributed by atoms with Gasteiger partial charge in [0.05, 0.1) is 0 Å². The highest BCUT2D eigenvalue weighted by atomic mass is 16.3. The van der Waals surface area contributed by atoms with Gasteiger partial charge >= 0.3 is 0 Å².